The van der Waals surface area contributed by atoms with Gasteiger partial charge in [-0.05, 0) is 38.1 Å². The Bertz CT molecular complexity index is 1080. The Morgan fingerprint density at radius 3 is 2.67 bits per heavy atom. The summed E-state index contributed by atoms with van der Waals surface area (Å²) in [6.45, 7) is 7.83. The predicted octanol–water partition coefficient (Wildman–Crippen LogP) is 1.63. The van der Waals surface area contributed by atoms with Crippen molar-refractivity contribution in [2.75, 3.05) is 26.2 Å². The number of halogens is 1. The molecule has 2 N–H and O–H groups in total. The van der Waals surface area contributed by atoms with Crippen LogP contribution in [0.4, 0.5) is 4.39 Å². The topological polar surface area (TPSA) is 68.4 Å². The maximum Gasteiger partial charge on any atom is 0.265 e. The van der Waals surface area contributed by atoms with E-state index in [2.05, 4.69) is 24.1 Å². The van der Waals surface area contributed by atoms with Gasteiger partial charge >= 0.3 is 0 Å². The molecule has 0 atom stereocenters. The Balaban J connectivity index is 1.87. The van der Waals surface area contributed by atoms with Crippen molar-refractivity contribution >= 4 is 16.9 Å². The molecule has 2 heterocycles. The standard InChI is InChI=1S/C23H27FN4O2/c1-3-27(4-2)14-8-13-26-22(29)19-15-17-10-7-12-25-21(17)28(23(19)30)16-18-9-5-6-11-20(18)24/h5-7,9-12,15H,3-4,8,13-14,16H2,1-2H3,(H,26,29)/p+1. The van der Waals surface area contributed by atoms with Crippen LogP contribution in [0.15, 0.2) is 53.5 Å². The maximum absolute atomic E-state index is 14.2. The zero-order valence-electron chi connectivity index (χ0n) is 17.5. The Labute approximate surface area is 175 Å². The van der Waals surface area contributed by atoms with Crippen molar-refractivity contribution in [3.8, 4) is 0 Å². The molecule has 158 valence electrons. The summed E-state index contributed by atoms with van der Waals surface area (Å²) >= 11 is 0. The van der Waals surface area contributed by atoms with Crippen molar-refractivity contribution in [1.82, 2.24) is 14.9 Å². The number of quaternary nitrogens is 1. The molecule has 0 radical (unpaired) electrons. The molecule has 1 amide bonds. The van der Waals surface area contributed by atoms with Crippen LogP contribution in [-0.2, 0) is 6.54 Å². The molecule has 0 bridgehead atoms. The minimum atomic E-state index is -0.476. The van der Waals surface area contributed by atoms with Crippen LogP contribution in [0.1, 0.15) is 36.2 Å². The fraction of sp³-hybridized carbons (Fsp3) is 0.348. The molecule has 1 aromatic carbocycles. The van der Waals surface area contributed by atoms with E-state index in [4.69, 9.17) is 0 Å². The van der Waals surface area contributed by atoms with Crippen LogP contribution >= 0.6 is 0 Å². The number of pyridine rings is 2. The van der Waals surface area contributed by atoms with Crippen molar-refractivity contribution in [3.63, 3.8) is 0 Å². The highest BCUT2D eigenvalue weighted by atomic mass is 19.1. The summed E-state index contributed by atoms with van der Waals surface area (Å²) in [5, 5.41) is 3.51. The van der Waals surface area contributed by atoms with Gasteiger partial charge in [-0.25, -0.2) is 9.37 Å². The molecule has 30 heavy (non-hydrogen) atoms. The lowest BCUT2D eigenvalue weighted by molar-refractivity contribution is -0.896. The van der Waals surface area contributed by atoms with Gasteiger partial charge in [0.05, 0.1) is 26.2 Å². The molecular weight excluding hydrogens is 383 g/mol. The zero-order chi connectivity index (χ0) is 21.5. The lowest BCUT2D eigenvalue weighted by Crippen LogP contribution is -3.11. The normalized spacial score (nSPS) is 11.2. The molecule has 3 aromatic rings. The Hall–Kier alpha value is -3.06. The Kier molecular flexibility index (Phi) is 7.30. The highest BCUT2D eigenvalue weighted by Gasteiger charge is 2.17. The summed E-state index contributed by atoms with van der Waals surface area (Å²) in [6, 6.07) is 11.4. The molecule has 6 nitrogen and oxygen atoms in total. The van der Waals surface area contributed by atoms with E-state index < -0.39 is 17.3 Å². The van der Waals surface area contributed by atoms with Gasteiger partial charge in [0.2, 0.25) is 0 Å². The highest BCUT2D eigenvalue weighted by molar-refractivity contribution is 5.96. The first-order valence-corrected chi connectivity index (χ1v) is 10.4. The number of aromatic nitrogens is 2. The summed E-state index contributed by atoms with van der Waals surface area (Å²) in [5.74, 6) is -0.815. The fourth-order valence-corrected chi connectivity index (χ4v) is 3.55. The van der Waals surface area contributed by atoms with Crippen LogP contribution in [0.3, 0.4) is 0 Å². The van der Waals surface area contributed by atoms with Crippen molar-refractivity contribution in [2.45, 2.75) is 26.8 Å². The zero-order valence-corrected chi connectivity index (χ0v) is 17.5. The number of hydrogen-bond acceptors (Lipinski definition) is 3. The van der Waals surface area contributed by atoms with Crippen molar-refractivity contribution in [3.05, 3.63) is 76.0 Å². The summed E-state index contributed by atoms with van der Waals surface area (Å²) < 4.78 is 15.5. The molecule has 0 unspecified atom stereocenters. The maximum atomic E-state index is 14.2. The van der Waals surface area contributed by atoms with Crippen LogP contribution in [0.2, 0.25) is 0 Å². The van der Waals surface area contributed by atoms with Gasteiger partial charge in [0.15, 0.2) is 0 Å². The first kappa shape index (κ1) is 21.6. The lowest BCUT2D eigenvalue weighted by Gasteiger charge is -2.15. The van der Waals surface area contributed by atoms with E-state index in [1.807, 2.05) is 0 Å². The molecule has 0 aliphatic rings. The first-order valence-electron chi connectivity index (χ1n) is 10.4. The number of fused-ring (bicyclic) bond motifs is 1. The Morgan fingerprint density at radius 2 is 1.93 bits per heavy atom. The number of nitrogens with one attached hydrogen (secondary N) is 2. The number of rotatable bonds is 9. The number of carbonyl (C=O) groups excluding carboxylic acids is 1. The van der Waals surface area contributed by atoms with Gasteiger partial charge in [-0.1, -0.05) is 18.2 Å². The van der Waals surface area contributed by atoms with Crippen molar-refractivity contribution < 1.29 is 14.1 Å². The lowest BCUT2D eigenvalue weighted by atomic mass is 10.1. The van der Waals surface area contributed by atoms with E-state index in [9.17, 15) is 14.0 Å². The number of hydrogen-bond donors (Lipinski definition) is 2. The average molecular weight is 412 g/mol. The first-order chi connectivity index (χ1) is 14.5. The summed E-state index contributed by atoms with van der Waals surface area (Å²) in [6.07, 6.45) is 2.41. The second-order valence-electron chi connectivity index (χ2n) is 7.27. The SMILES string of the molecule is CC[NH+](CC)CCCNC(=O)c1cc2cccnc2n(Cc2ccccc2F)c1=O. The number of amides is 1. The second-order valence-corrected chi connectivity index (χ2v) is 7.27. The molecule has 0 fully saturated rings. The molecule has 2 aromatic heterocycles. The van der Waals surface area contributed by atoms with E-state index in [0.717, 1.165) is 26.1 Å². The molecule has 0 saturated heterocycles. The largest absolute Gasteiger partial charge is 0.352 e. The highest BCUT2D eigenvalue weighted by Crippen LogP contribution is 2.14. The van der Waals surface area contributed by atoms with E-state index in [0.29, 0.717) is 23.1 Å². The van der Waals surface area contributed by atoms with Gasteiger partial charge in [-0.15, -0.1) is 0 Å². The Morgan fingerprint density at radius 1 is 1.17 bits per heavy atom. The second kappa shape index (κ2) is 10.1. The van der Waals surface area contributed by atoms with Crippen molar-refractivity contribution in [2.24, 2.45) is 0 Å². The number of benzene rings is 1. The van der Waals surface area contributed by atoms with E-state index >= 15 is 0 Å². The predicted molar refractivity (Wildman–Crippen MR) is 115 cm³/mol. The van der Waals surface area contributed by atoms with Crippen molar-refractivity contribution in [1.29, 1.82) is 0 Å². The molecule has 7 heteroatoms. The summed E-state index contributed by atoms with van der Waals surface area (Å²) in [4.78, 5) is 31.6. The van der Waals surface area contributed by atoms with Crippen LogP contribution in [-0.4, -0.2) is 41.6 Å². The molecule has 0 spiro atoms. The van der Waals surface area contributed by atoms with E-state index in [1.54, 1.807) is 42.6 Å². The quantitative estimate of drug-likeness (QED) is 0.526. The fourth-order valence-electron chi connectivity index (χ4n) is 3.55. The van der Waals surface area contributed by atoms with Gasteiger partial charge in [0, 0.05) is 30.1 Å². The molecule has 0 saturated carbocycles. The van der Waals surface area contributed by atoms with Gasteiger partial charge in [-0.3, -0.25) is 14.2 Å². The average Bonchev–Trinajstić information content (AvgIpc) is 2.76. The summed E-state index contributed by atoms with van der Waals surface area (Å²) in [5.41, 5.74) is 0.358. The monoisotopic (exact) mass is 411 g/mol. The van der Waals surface area contributed by atoms with E-state index in [1.165, 1.54) is 15.5 Å². The van der Waals surface area contributed by atoms with Gasteiger partial charge in [0.25, 0.3) is 11.5 Å². The van der Waals surface area contributed by atoms with Crippen LogP contribution < -0.4 is 15.8 Å². The molecule has 3 rings (SSSR count). The minimum Gasteiger partial charge on any atom is -0.352 e. The van der Waals surface area contributed by atoms with Crippen LogP contribution in [0.25, 0.3) is 11.0 Å². The smallest absolute Gasteiger partial charge is 0.265 e. The van der Waals surface area contributed by atoms with Crippen LogP contribution in [0, 0.1) is 5.82 Å². The molecule has 0 aliphatic carbocycles. The van der Waals surface area contributed by atoms with E-state index in [-0.39, 0.29) is 12.1 Å². The van der Waals surface area contributed by atoms with Gasteiger partial charge in [0.1, 0.15) is 17.0 Å². The third-order valence-corrected chi connectivity index (χ3v) is 5.37. The minimum absolute atomic E-state index is 0.00542. The molecule has 0 aliphatic heterocycles. The number of carbonyl (C=O) groups is 1. The number of nitrogens with zero attached hydrogens (tertiary/aromatic N) is 2. The van der Waals surface area contributed by atoms with Gasteiger partial charge in [-0.2, -0.15) is 0 Å². The summed E-state index contributed by atoms with van der Waals surface area (Å²) in [7, 11) is 0. The third-order valence-electron chi connectivity index (χ3n) is 5.37. The van der Waals surface area contributed by atoms with Gasteiger partial charge < -0.3 is 10.2 Å². The van der Waals surface area contributed by atoms with Crippen LogP contribution in [0.5, 0.6) is 0 Å². The molecular formula is C23H28FN4O2+. The third kappa shape index (κ3) is 4.91.